The first-order chi connectivity index (χ1) is 16.2. The molecule has 166 valence electrons. The van der Waals surface area contributed by atoms with E-state index < -0.39 is 0 Å². The Bertz CT molecular complexity index is 1250. The molecule has 1 amide bonds. The van der Waals surface area contributed by atoms with Crippen LogP contribution in [0.3, 0.4) is 0 Å². The number of rotatable bonds is 7. The summed E-state index contributed by atoms with van der Waals surface area (Å²) in [6.45, 7) is 1.43. The van der Waals surface area contributed by atoms with Gasteiger partial charge in [-0.3, -0.25) is 4.79 Å². The fourth-order valence-corrected chi connectivity index (χ4v) is 5.04. The number of ether oxygens (including phenoxy) is 1. The summed E-state index contributed by atoms with van der Waals surface area (Å²) in [7, 11) is 1.67. The third-order valence-electron chi connectivity index (χ3n) is 5.90. The summed E-state index contributed by atoms with van der Waals surface area (Å²) >= 11 is 1.50. The quantitative estimate of drug-likeness (QED) is 0.355. The Labute approximate surface area is 198 Å². The van der Waals surface area contributed by atoms with E-state index in [2.05, 4.69) is 22.8 Å². The molecule has 0 fully saturated rings. The van der Waals surface area contributed by atoms with Gasteiger partial charge in [-0.1, -0.05) is 60.3 Å². The van der Waals surface area contributed by atoms with E-state index in [-0.39, 0.29) is 5.91 Å². The maximum absolute atomic E-state index is 13.1. The molecule has 5 nitrogen and oxygen atoms in total. The van der Waals surface area contributed by atoms with Gasteiger partial charge in [0, 0.05) is 17.8 Å². The maximum atomic E-state index is 13.1. The Balaban J connectivity index is 1.39. The molecule has 0 radical (unpaired) electrons. The molecular formula is C27H25N3O2S. The van der Waals surface area contributed by atoms with Gasteiger partial charge in [-0.2, -0.15) is 0 Å². The van der Waals surface area contributed by atoms with E-state index in [1.807, 2.05) is 71.8 Å². The van der Waals surface area contributed by atoms with Crippen LogP contribution in [0.5, 0.6) is 5.75 Å². The van der Waals surface area contributed by atoms with Crippen molar-refractivity contribution in [3.8, 4) is 17.0 Å². The number of amides is 1. The molecule has 0 bridgehead atoms. The van der Waals surface area contributed by atoms with Crippen LogP contribution in [0.25, 0.3) is 11.3 Å². The number of aromatic nitrogens is 2. The van der Waals surface area contributed by atoms with Crippen LogP contribution >= 0.6 is 11.8 Å². The zero-order chi connectivity index (χ0) is 22.6. The molecule has 6 heteroatoms. The maximum Gasteiger partial charge on any atom is 0.237 e. The summed E-state index contributed by atoms with van der Waals surface area (Å²) in [6.07, 6.45) is 2.81. The van der Waals surface area contributed by atoms with Crippen LogP contribution in [0.1, 0.15) is 11.1 Å². The molecule has 0 unspecified atom stereocenters. The fraction of sp³-hybridized carbons (Fsp3) is 0.185. The van der Waals surface area contributed by atoms with Crippen LogP contribution in [0.2, 0.25) is 0 Å². The van der Waals surface area contributed by atoms with Crippen molar-refractivity contribution in [3.05, 3.63) is 96.2 Å². The predicted octanol–water partition coefficient (Wildman–Crippen LogP) is 5.29. The molecule has 0 atom stereocenters. The lowest BCUT2D eigenvalue weighted by Gasteiger charge is -2.17. The first-order valence-electron chi connectivity index (χ1n) is 11.0. The lowest BCUT2D eigenvalue weighted by Crippen LogP contribution is -2.30. The molecule has 4 aromatic rings. The minimum absolute atomic E-state index is 0.116. The van der Waals surface area contributed by atoms with E-state index in [0.717, 1.165) is 40.8 Å². The number of fused-ring (bicyclic) bond motifs is 1. The van der Waals surface area contributed by atoms with Gasteiger partial charge in [0.2, 0.25) is 5.91 Å². The van der Waals surface area contributed by atoms with Gasteiger partial charge in [-0.05, 0) is 47.9 Å². The largest absolute Gasteiger partial charge is 0.497 e. The van der Waals surface area contributed by atoms with Gasteiger partial charge in [-0.25, -0.2) is 4.98 Å². The summed E-state index contributed by atoms with van der Waals surface area (Å²) in [5.74, 6) is 1.28. The smallest absolute Gasteiger partial charge is 0.237 e. The normalized spacial score (nSPS) is 12.6. The van der Waals surface area contributed by atoms with Gasteiger partial charge in [-0.15, -0.1) is 0 Å². The number of carbonyl (C=O) groups excluding carboxylic acids is 1. The van der Waals surface area contributed by atoms with Crippen molar-refractivity contribution in [1.29, 1.82) is 0 Å². The van der Waals surface area contributed by atoms with E-state index in [4.69, 9.17) is 9.72 Å². The first-order valence-corrected chi connectivity index (χ1v) is 12.0. The second-order valence-corrected chi connectivity index (χ2v) is 8.88. The molecule has 0 N–H and O–H groups in total. The SMILES string of the molecule is COc1ccc(-c2cnc(SCC(=O)N3CCc4ccccc43)n2Cc2ccccc2)cc1. The highest BCUT2D eigenvalue weighted by molar-refractivity contribution is 7.99. The number of carbonyl (C=O) groups is 1. The van der Waals surface area contributed by atoms with Crippen molar-refractivity contribution < 1.29 is 9.53 Å². The number of anilines is 1. The highest BCUT2D eigenvalue weighted by atomic mass is 32.2. The van der Waals surface area contributed by atoms with E-state index in [9.17, 15) is 4.79 Å². The van der Waals surface area contributed by atoms with Crippen LogP contribution in [0, 0.1) is 0 Å². The fourth-order valence-electron chi connectivity index (χ4n) is 4.19. The number of para-hydroxylation sites is 1. The summed E-state index contributed by atoms with van der Waals surface area (Å²) < 4.78 is 7.49. The standard InChI is InChI=1S/C27H25N3O2S/c1-32-23-13-11-22(12-14-23)25-17-28-27(30(25)18-20-7-3-2-4-8-20)33-19-26(31)29-16-15-21-9-5-6-10-24(21)29/h2-14,17H,15-16,18-19H2,1H3. The minimum Gasteiger partial charge on any atom is -0.497 e. The highest BCUT2D eigenvalue weighted by Crippen LogP contribution is 2.31. The zero-order valence-corrected chi connectivity index (χ0v) is 19.3. The molecular weight excluding hydrogens is 430 g/mol. The summed E-state index contributed by atoms with van der Waals surface area (Å²) in [5, 5.41) is 0.838. The molecule has 1 aliphatic heterocycles. The van der Waals surface area contributed by atoms with E-state index in [1.165, 1.54) is 22.9 Å². The minimum atomic E-state index is 0.116. The van der Waals surface area contributed by atoms with Gasteiger partial charge in [0.1, 0.15) is 5.75 Å². The molecule has 0 saturated heterocycles. The predicted molar refractivity (Wildman–Crippen MR) is 133 cm³/mol. The number of hydrogen-bond donors (Lipinski definition) is 0. The Hall–Kier alpha value is -3.51. The van der Waals surface area contributed by atoms with E-state index in [0.29, 0.717) is 12.3 Å². The highest BCUT2D eigenvalue weighted by Gasteiger charge is 2.24. The number of thioether (sulfide) groups is 1. The van der Waals surface area contributed by atoms with Crippen LogP contribution in [-0.2, 0) is 17.8 Å². The third-order valence-corrected chi connectivity index (χ3v) is 6.88. The number of methoxy groups -OCH3 is 1. The van der Waals surface area contributed by atoms with Crippen molar-refractivity contribution in [2.75, 3.05) is 24.3 Å². The van der Waals surface area contributed by atoms with Gasteiger partial charge in [0.05, 0.1) is 31.3 Å². The molecule has 1 aliphatic rings. The molecule has 5 rings (SSSR count). The molecule has 0 saturated carbocycles. The number of imidazole rings is 1. The average molecular weight is 456 g/mol. The Morgan fingerprint density at radius 1 is 1.00 bits per heavy atom. The van der Waals surface area contributed by atoms with Crippen LogP contribution in [0.4, 0.5) is 5.69 Å². The van der Waals surface area contributed by atoms with Crippen LogP contribution in [-0.4, -0.2) is 34.9 Å². The van der Waals surface area contributed by atoms with Crippen molar-refractivity contribution in [2.45, 2.75) is 18.1 Å². The lowest BCUT2D eigenvalue weighted by atomic mass is 10.1. The van der Waals surface area contributed by atoms with Crippen LogP contribution < -0.4 is 9.64 Å². The second-order valence-electron chi connectivity index (χ2n) is 7.94. The average Bonchev–Trinajstić information content (AvgIpc) is 3.48. The Morgan fingerprint density at radius 3 is 2.55 bits per heavy atom. The second kappa shape index (κ2) is 9.55. The number of nitrogens with zero attached hydrogens (tertiary/aromatic N) is 3. The van der Waals surface area contributed by atoms with Crippen LogP contribution in [0.15, 0.2) is 90.2 Å². The summed E-state index contributed by atoms with van der Waals surface area (Å²) in [5.41, 5.74) is 5.54. The monoisotopic (exact) mass is 455 g/mol. The van der Waals surface area contributed by atoms with Gasteiger partial charge in [0.15, 0.2) is 5.16 Å². The topological polar surface area (TPSA) is 47.4 Å². The van der Waals surface area contributed by atoms with E-state index in [1.54, 1.807) is 7.11 Å². The van der Waals surface area contributed by atoms with Crippen molar-refractivity contribution >= 4 is 23.4 Å². The van der Waals surface area contributed by atoms with Crippen molar-refractivity contribution in [3.63, 3.8) is 0 Å². The van der Waals surface area contributed by atoms with E-state index >= 15 is 0 Å². The summed E-state index contributed by atoms with van der Waals surface area (Å²) in [4.78, 5) is 19.7. The molecule has 0 aliphatic carbocycles. The third kappa shape index (κ3) is 4.52. The number of benzene rings is 3. The Kier molecular flexibility index (Phi) is 6.17. The van der Waals surface area contributed by atoms with Gasteiger partial charge in [0.25, 0.3) is 0 Å². The zero-order valence-electron chi connectivity index (χ0n) is 18.5. The van der Waals surface area contributed by atoms with Gasteiger partial charge >= 0.3 is 0 Å². The van der Waals surface area contributed by atoms with Crippen molar-refractivity contribution in [2.24, 2.45) is 0 Å². The Morgan fingerprint density at radius 2 is 1.76 bits per heavy atom. The molecule has 33 heavy (non-hydrogen) atoms. The lowest BCUT2D eigenvalue weighted by molar-refractivity contribution is -0.116. The molecule has 2 heterocycles. The van der Waals surface area contributed by atoms with Crippen molar-refractivity contribution in [1.82, 2.24) is 9.55 Å². The van der Waals surface area contributed by atoms with Gasteiger partial charge < -0.3 is 14.2 Å². The molecule has 3 aromatic carbocycles. The number of hydrogen-bond acceptors (Lipinski definition) is 4. The molecule has 0 spiro atoms. The molecule has 1 aromatic heterocycles. The first kappa shape index (κ1) is 21.3. The summed E-state index contributed by atoms with van der Waals surface area (Å²) in [6, 6.07) is 26.5.